The van der Waals surface area contributed by atoms with Crippen molar-refractivity contribution in [1.29, 1.82) is 0 Å². The Morgan fingerprint density at radius 3 is 2.54 bits per heavy atom. The molecule has 0 spiro atoms. The van der Waals surface area contributed by atoms with Gasteiger partial charge in [0.25, 0.3) is 5.91 Å². The van der Waals surface area contributed by atoms with Crippen LogP contribution in [-0.2, 0) is 6.42 Å². The number of rotatable bonds is 9. The van der Waals surface area contributed by atoms with Gasteiger partial charge in [0.1, 0.15) is 0 Å². The van der Waals surface area contributed by atoms with Crippen LogP contribution < -0.4 is 16.0 Å². The molecule has 7 heteroatoms. The van der Waals surface area contributed by atoms with Crippen LogP contribution in [0.3, 0.4) is 0 Å². The average molecular weight is 486 g/mol. The van der Waals surface area contributed by atoms with E-state index in [0.717, 1.165) is 36.8 Å². The number of carbonyl (C=O) groups is 1. The number of hydrogen-bond acceptors (Lipinski definition) is 3. The summed E-state index contributed by atoms with van der Waals surface area (Å²) in [6.45, 7) is 5.02. The maximum absolute atomic E-state index is 11.8. The average Bonchev–Trinajstić information content (AvgIpc) is 3.17. The van der Waals surface area contributed by atoms with Crippen molar-refractivity contribution in [3.05, 3.63) is 58.3 Å². The molecule has 1 amide bonds. The predicted octanol–water partition coefficient (Wildman–Crippen LogP) is 3.28. The first-order valence-electron chi connectivity index (χ1n) is 8.67. The number of carbonyl (C=O) groups excluding carboxylic acids is 1. The van der Waals surface area contributed by atoms with Crippen molar-refractivity contribution in [3.63, 3.8) is 0 Å². The van der Waals surface area contributed by atoms with Gasteiger partial charge in [0.2, 0.25) is 0 Å². The minimum atomic E-state index is -0.00753. The van der Waals surface area contributed by atoms with Gasteiger partial charge in [-0.05, 0) is 36.8 Å². The van der Waals surface area contributed by atoms with E-state index in [4.69, 9.17) is 0 Å². The quantitative estimate of drug-likeness (QED) is 0.221. The Morgan fingerprint density at radius 1 is 1.04 bits per heavy atom. The SMILES string of the molecule is CCNC(=NCCCNC(=O)c1cccs1)NCCc1ccccc1.I. The lowest BCUT2D eigenvalue weighted by Crippen LogP contribution is -2.38. The molecular weight excluding hydrogens is 459 g/mol. The van der Waals surface area contributed by atoms with Gasteiger partial charge in [-0.2, -0.15) is 0 Å². The summed E-state index contributed by atoms with van der Waals surface area (Å²) in [6.07, 6.45) is 1.77. The van der Waals surface area contributed by atoms with Crippen molar-refractivity contribution >= 4 is 47.2 Å². The number of hydrogen-bond donors (Lipinski definition) is 3. The molecule has 0 aliphatic rings. The minimum Gasteiger partial charge on any atom is -0.357 e. The fraction of sp³-hybridized carbons (Fsp3) is 0.368. The maximum atomic E-state index is 11.8. The number of thiophene rings is 1. The third-order valence-corrected chi connectivity index (χ3v) is 4.40. The molecule has 0 aliphatic heterocycles. The normalized spacial score (nSPS) is 10.7. The van der Waals surface area contributed by atoms with Gasteiger partial charge in [-0.3, -0.25) is 9.79 Å². The van der Waals surface area contributed by atoms with Gasteiger partial charge in [0.05, 0.1) is 4.88 Å². The maximum Gasteiger partial charge on any atom is 0.261 e. The van der Waals surface area contributed by atoms with Gasteiger partial charge in [-0.15, -0.1) is 35.3 Å². The molecule has 2 aromatic rings. The zero-order valence-corrected chi connectivity index (χ0v) is 18.2. The number of aliphatic imine (C=N–C) groups is 1. The van der Waals surface area contributed by atoms with Crippen LogP contribution in [0, 0.1) is 0 Å². The Hall–Kier alpha value is -1.61. The van der Waals surface area contributed by atoms with Crippen molar-refractivity contribution in [2.24, 2.45) is 4.99 Å². The van der Waals surface area contributed by atoms with Gasteiger partial charge >= 0.3 is 0 Å². The zero-order valence-electron chi connectivity index (χ0n) is 15.0. The highest BCUT2D eigenvalue weighted by atomic mass is 127. The molecule has 3 N–H and O–H groups in total. The Kier molecular flexibility index (Phi) is 11.7. The highest BCUT2D eigenvalue weighted by molar-refractivity contribution is 14.0. The van der Waals surface area contributed by atoms with Crippen LogP contribution in [0.5, 0.6) is 0 Å². The van der Waals surface area contributed by atoms with E-state index in [-0.39, 0.29) is 29.9 Å². The Bertz CT molecular complexity index is 647. The Balaban J connectivity index is 0.00000338. The summed E-state index contributed by atoms with van der Waals surface area (Å²) < 4.78 is 0. The second-order valence-electron chi connectivity index (χ2n) is 5.51. The molecule has 1 aromatic carbocycles. The van der Waals surface area contributed by atoms with Gasteiger partial charge in [-0.1, -0.05) is 36.4 Å². The zero-order chi connectivity index (χ0) is 17.7. The van der Waals surface area contributed by atoms with Gasteiger partial charge < -0.3 is 16.0 Å². The van der Waals surface area contributed by atoms with E-state index in [1.54, 1.807) is 0 Å². The van der Waals surface area contributed by atoms with Crippen LogP contribution in [0.25, 0.3) is 0 Å². The molecular formula is C19H27IN4OS. The molecule has 0 fully saturated rings. The van der Waals surface area contributed by atoms with E-state index >= 15 is 0 Å². The smallest absolute Gasteiger partial charge is 0.261 e. The van der Waals surface area contributed by atoms with Crippen molar-refractivity contribution in [3.8, 4) is 0 Å². The van der Waals surface area contributed by atoms with Crippen molar-refractivity contribution in [1.82, 2.24) is 16.0 Å². The number of guanidine groups is 1. The first-order valence-corrected chi connectivity index (χ1v) is 9.55. The fourth-order valence-electron chi connectivity index (χ4n) is 2.28. The molecule has 0 saturated heterocycles. The van der Waals surface area contributed by atoms with E-state index < -0.39 is 0 Å². The monoisotopic (exact) mass is 486 g/mol. The summed E-state index contributed by atoms with van der Waals surface area (Å²) in [4.78, 5) is 17.1. The molecule has 142 valence electrons. The summed E-state index contributed by atoms with van der Waals surface area (Å²) in [6, 6.07) is 14.1. The fourth-order valence-corrected chi connectivity index (χ4v) is 2.92. The lowest BCUT2D eigenvalue weighted by atomic mass is 10.1. The van der Waals surface area contributed by atoms with E-state index in [1.807, 2.05) is 23.6 Å². The van der Waals surface area contributed by atoms with E-state index in [1.165, 1.54) is 16.9 Å². The molecule has 26 heavy (non-hydrogen) atoms. The molecule has 1 aromatic heterocycles. The molecule has 5 nitrogen and oxygen atoms in total. The highest BCUT2D eigenvalue weighted by Crippen LogP contribution is 2.07. The molecule has 0 unspecified atom stereocenters. The molecule has 0 bridgehead atoms. The summed E-state index contributed by atoms with van der Waals surface area (Å²) >= 11 is 1.45. The van der Waals surface area contributed by atoms with Crippen LogP contribution in [-0.4, -0.2) is 38.0 Å². The van der Waals surface area contributed by atoms with E-state index in [2.05, 4.69) is 52.1 Å². The molecule has 2 rings (SSSR count). The van der Waals surface area contributed by atoms with Crippen LogP contribution in [0.1, 0.15) is 28.6 Å². The first-order chi connectivity index (χ1) is 12.3. The standard InChI is InChI=1S/C19H26N4OS.HI/c1-2-20-19(23-14-11-16-8-4-3-5-9-16)22-13-7-12-21-18(24)17-10-6-15-25-17;/h3-6,8-10,15H,2,7,11-14H2,1H3,(H,21,24)(H2,20,22,23);1H. The molecule has 0 saturated carbocycles. The minimum absolute atomic E-state index is 0. The van der Waals surface area contributed by atoms with Crippen molar-refractivity contribution in [2.75, 3.05) is 26.2 Å². The number of nitrogens with one attached hydrogen (secondary N) is 3. The number of benzene rings is 1. The first kappa shape index (κ1) is 22.4. The Morgan fingerprint density at radius 2 is 1.85 bits per heavy atom. The molecule has 0 aliphatic carbocycles. The lowest BCUT2D eigenvalue weighted by molar-refractivity contribution is 0.0957. The van der Waals surface area contributed by atoms with Crippen LogP contribution >= 0.6 is 35.3 Å². The molecule has 0 radical (unpaired) electrons. The van der Waals surface area contributed by atoms with Crippen molar-refractivity contribution < 1.29 is 4.79 Å². The second kappa shape index (κ2) is 13.6. The number of halogens is 1. The lowest BCUT2D eigenvalue weighted by Gasteiger charge is -2.11. The van der Waals surface area contributed by atoms with E-state index in [0.29, 0.717) is 13.1 Å². The summed E-state index contributed by atoms with van der Waals surface area (Å²) in [7, 11) is 0. The van der Waals surface area contributed by atoms with Crippen molar-refractivity contribution in [2.45, 2.75) is 19.8 Å². The third-order valence-electron chi connectivity index (χ3n) is 3.53. The topological polar surface area (TPSA) is 65.5 Å². The van der Waals surface area contributed by atoms with Crippen LogP contribution in [0.15, 0.2) is 52.8 Å². The molecule has 1 heterocycles. The Labute approximate surface area is 176 Å². The van der Waals surface area contributed by atoms with Gasteiger partial charge in [-0.25, -0.2) is 0 Å². The molecule has 0 atom stereocenters. The van der Waals surface area contributed by atoms with Gasteiger partial charge in [0.15, 0.2) is 5.96 Å². The number of nitrogens with zero attached hydrogens (tertiary/aromatic N) is 1. The summed E-state index contributed by atoms with van der Waals surface area (Å²) in [5.74, 6) is 0.815. The van der Waals surface area contributed by atoms with Crippen LogP contribution in [0.4, 0.5) is 0 Å². The van der Waals surface area contributed by atoms with Crippen LogP contribution in [0.2, 0.25) is 0 Å². The highest BCUT2D eigenvalue weighted by Gasteiger charge is 2.04. The second-order valence-corrected chi connectivity index (χ2v) is 6.46. The van der Waals surface area contributed by atoms with Gasteiger partial charge in [0, 0.05) is 26.2 Å². The third kappa shape index (κ3) is 8.66. The summed E-state index contributed by atoms with van der Waals surface area (Å²) in [5.41, 5.74) is 1.31. The predicted molar refractivity (Wildman–Crippen MR) is 121 cm³/mol. The van der Waals surface area contributed by atoms with E-state index in [9.17, 15) is 4.79 Å². The number of amides is 1. The largest absolute Gasteiger partial charge is 0.357 e. The summed E-state index contributed by atoms with van der Waals surface area (Å²) in [5, 5.41) is 11.4.